The van der Waals surface area contributed by atoms with Gasteiger partial charge in [0.2, 0.25) is 0 Å². The van der Waals surface area contributed by atoms with Crippen molar-refractivity contribution in [3.05, 3.63) is 41.1 Å². The van der Waals surface area contributed by atoms with E-state index < -0.39 is 0 Å². The number of thiophene rings is 1. The minimum absolute atomic E-state index is 0.689. The summed E-state index contributed by atoms with van der Waals surface area (Å²) in [7, 11) is 0. The third kappa shape index (κ3) is 1.34. The lowest BCUT2D eigenvalue weighted by molar-refractivity contribution is 1.65. The molecule has 1 heterocycles. The molecule has 1 aromatic carbocycles. The number of nitrogens with two attached hydrogens (primary N) is 1. The SMILES string of the molecule is Nc1[c]cc(-c2ccsc2)cc1. The maximum atomic E-state index is 5.53. The summed E-state index contributed by atoms with van der Waals surface area (Å²) >= 11 is 1.69. The van der Waals surface area contributed by atoms with Gasteiger partial charge in [-0.3, -0.25) is 0 Å². The molecule has 1 radical (unpaired) electrons. The van der Waals surface area contributed by atoms with Crippen LogP contribution in [0.3, 0.4) is 0 Å². The van der Waals surface area contributed by atoms with Gasteiger partial charge in [-0.05, 0) is 40.1 Å². The van der Waals surface area contributed by atoms with Crippen LogP contribution in [0.1, 0.15) is 0 Å². The molecule has 2 rings (SSSR count). The predicted molar refractivity (Wildman–Crippen MR) is 53.0 cm³/mol. The van der Waals surface area contributed by atoms with Gasteiger partial charge in [-0.15, -0.1) is 0 Å². The van der Waals surface area contributed by atoms with E-state index in [2.05, 4.69) is 22.9 Å². The molecule has 0 aliphatic heterocycles. The molecule has 59 valence electrons. The van der Waals surface area contributed by atoms with Crippen LogP contribution in [0.15, 0.2) is 35.0 Å². The summed E-state index contributed by atoms with van der Waals surface area (Å²) in [5.74, 6) is 0. The van der Waals surface area contributed by atoms with Crippen molar-refractivity contribution in [3.63, 3.8) is 0 Å². The fourth-order valence-electron chi connectivity index (χ4n) is 1.05. The Morgan fingerprint density at radius 3 is 2.67 bits per heavy atom. The molecule has 1 aromatic heterocycles. The zero-order valence-corrected chi connectivity index (χ0v) is 7.27. The van der Waals surface area contributed by atoms with Gasteiger partial charge < -0.3 is 5.73 Å². The van der Waals surface area contributed by atoms with E-state index in [1.807, 2.05) is 18.2 Å². The summed E-state index contributed by atoms with van der Waals surface area (Å²) in [6, 6.07) is 10.8. The Balaban J connectivity index is 2.43. The first-order valence-corrected chi connectivity index (χ1v) is 4.60. The summed E-state index contributed by atoms with van der Waals surface area (Å²) in [6.45, 7) is 0. The second-order valence-electron chi connectivity index (χ2n) is 2.54. The van der Waals surface area contributed by atoms with Gasteiger partial charge in [0, 0.05) is 11.8 Å². The highest BCUT2D eigenvalue weighted by Crippen LogP contribution is 2.22. The van der Waals surface area contributed by atoms with Crippen LogP contribution in [-0.4, -0.2) is 0 Å². The molecule has 2 heteroatoms. The standard InChI is InChI=1S/C10H8NS/c11-10-3-1-8(2-4-10)9-5-6-12-7-9/h1-3,5-7H,11H2. The van der Waals surface area contributed by atoms with E-state index in [-0.39, 0.29) is 0 Å². The zero-order valence-electron chi connectivity index (χ0n) is 6.45. The van der Waals surface area contributed by atoms with E-state index in [1.54, 1.807) is 11.3 Å². The van der Waals surface area contributed by atoms with Crippen molar-refractivity contribution in [1.29, 1.82) is 0 Å². The van der Waals surface area contributed by atoms with E-state index in [0.717, 1.165) is 0 Å². The van der Waals surface area contributed by atoms with Gasteiger partial charge in [-0.1, -0.05) is 6.07 Å². The number of benzene rings is 1. The van der Waals surface area contributed by atoms with Crippen molar-refractivity contribution >= 4 is 17.0 Å². The first-order valence-electron chi connectivity index (χ1n) is 3.66. The normalized spacial score (nSPS) is 10.0. The summed E-state index contributed by atoms with van der Waals surface area (Å²) < 4.78 is 0. The van der Waals surface area contributed by atoms with Crippen LogP contribution in [0.2, 0.25) is 0 Å². The van der Waals surface area contributed by atoms with Gasteiger partial charge >= 0.3 is 0 Å². The van der Waals surface area contributed by atoms with Crippen molar-refractivity contribution in [2.75, 3.05) is 5.73 Å². The molecule has 0 amide bonds. The Labute approximate surface area is 75.5 Å². The Morgan fingerprint density at radius 2 is 2.08 bits per heavy atom. The van der Waals surface area contributed by atoms with Crippen molar-refractivity contribution in [3.8, 4) is 11.1 Å². The van der Waals surface area contributed by atoms with Crippen molar-refractivity contribution in [2.24, 2.45) is 0 Å². The van der Waals surface area contributed by atoms with Gasteiger partial charge in [0.25, 0.3) is 0 Å². The maximum absolute atomic E-state index is 5.53. The highest BCUT2D eigenvalue weighted by atomic mass is 32.1. The lowest BCUT2D eigenvalue weighted by atomic mass is 10.1. The second-order valence-corrected chi connectivity index (χ2v) is 3.32. The third-order valence-corrected chi connectivity index (χ3v) is 2.37. The summed E-state index contributed by atoms with van der Waals surface area (Å²) in [5.41, 5.74) is 8.62. The lowest BCUT2D eigenvalue weighted by Crippen LogP contribution is -1.83. The largest absolute Gasteiger partial charge is 0.398 e. The van der Waals surface area contributed by atoms with Crippen LogP contribution in [0.4, 0.5) is 5.69 Å². The van der Waals surface area contributed by atoms with Gasteiger partial charge in [-0.2, -0.15) is 11.3 Å². The van der Waals surface area contributed by atoms with E-state index in [4.69, 9.17) is 5.73 Å². The third-order valence-electron chi connectivity index (χ3n) is 1.69. The summed E-state index contributed by atoms with van der Waals surface area (Å²) in [6.07, 6.45) is 0. The number of anilines is 1. The molecule has 0 saturated heterocycles. The number of nitrogen functional groups attached to an aromatic ring is 1. The maximum Gasteiger partial charge on any atom is 0.0394 e. The first kappa shape index (κ1) is 7.37. The molecule has 2 aromatic rings. The lowest BCUT2D eigenvalue weighted by Gasteiger charge is -1.96. The second kappa shape index (κ2) is 2.99. The van der Waals surface area contributed by atoms with Crippen LogP contribution in [-0.2, 0) is 0 Å². The minimum atomic E-state index is 0.689. The predicted octanol–water partition coefficient (Wildman–Crippen LogP) is 2.80. The Morgan fingerprint density at radius 1 is 1.17 bits per heavy atom. The van der Waals surface area contributed by atoms with Crippen molar-refractivity contribution < 1.29 is 0 Å². The van der Waals surface area contributed by atoms with Gasteiger partial charge in [0.15, 0.2) is 0 Å². The molecule has 1 nitrogen and oxygen atoms in total. The van der Waals surface area contributed by atoms with Gasteiger partial charge in [0.1, 0.15) is 0 Å². The quantitative estimate of drug-likeness (QED) is 0.661. The number of hydrogen-bond acceptors (Lipinski definition) is 2. The van der Waals surface area contributed by atoms with Crippen LogP contribution in [0.5, 0.6) is 0 Å². The van der Waals surface area contributed by atoms with E-state index >= 15 is 0 Å². The molecule has 0 unspecified atom stereocenters. The molecule has 2 N–H and O–H groups in total. The van der Waals surface area contributed by atoms with Crippen LogP contribution in [0.25, 0.3) is 11.1 Å². The summed E-state index contributed by atoms with van der Waals surface area (Å²) in [4.78, 5) is 0. The van der Waals surface area contributed by atoms with E-state index in [0.29, 0.717) is 5.69 Å². The molecule has 0 saturated carbocycles. The fourth-order valence-corrected chi connectivity index (χ4v) is 1.71. The molecular weight excluding hydrogens is 166 g/mol. The smallest absolute Gasteiger partial charge is 0.0394 e. The van der Waals surface area contributed by atoms with E-state index in [9.17, 15) is 0 Å². The Hall–Kier alpha value is -1.28. The Bertz CT molecular complexity index is 348. The molecule has 0 atom stereocenters. The van der Waals surface area contributed by atoms with Crippen LogP contribution < -0.4 is 5.73 Å². The molecular formula is C10H8NS. The van der Waals surface area contributed by atoms with E-state index in [1.165, 1.54) is 11.1 Å². The van der Waals surface area contributed by atoms with Crippen molar-refractivity contribution in [2.45, 2.75) is 0 Å². The fraction of sp³-hybridized carbons (Fsp3) is 0. The number of rotatable bonds is 1. The number of hydrogen-bond donors (Lipinski definition) is 1. The molecule has 0 spiro atoms. The van der Waals surface area contributed by atoms with Crippen LogP contribution >= 0.6 is 11.3 Å². The van der Waals surface area contributed by atoms with Crippen LogP contribution in [0, 0.1) is 6.07 Å². The van der Waals surface area contributed by atoms with Gasteiger partial charge in [-0.25, -0.2) is 0 Å². The summed E-state index contributed by atoms with van der Waals surface area (Å²) in [5, 5.41) is 4.17. The first-order chi connectivity index (χ1) is 5.86. The average molecular weight is 174 g/mol. The zero-order chi connectivity index (χ0) is 8.39. The molecule has 0 fully saturated rings. The van der Waals surface area contributed by atoms with Gasteiger partial charge in [0.05, 0.1) is 0 Å². The molecule has 0 aliphatic carbocycles. The highest BCUT2D eigenvalue weighted by molar-refractivity contribution is 7.08. The minimum Gasteiger partial charge on any atom is -0.398 e. The van der Waals surface area contributed by atoms with Crippen molar-refractivity contribution in [1.82, 2.24) is 0 Å². The topological polar surface area (TPSA) is 26.0 Å². The Kier molecular flexibility index (Phi) is 1.84. The monoisotopic (exact) mass is 174 g/mol. The highest BCUT2D eigenvalue weighted by Gasteiger charge is 1.95. The average Bonchev–Trinajstić information content (AvgIpc) is 2.58. The molecule has 0 aliphatic rings. The molecule has 0 bridgehead atoms. The molecule has 12 heavy (non-hydrogen) atoms.